The van der Waals surface area contributed by atoms with Crippen LogP contribution in [0, 0.1) is 0 Å². The summed E-state index contributed by atoms with van der Waals surface area (Å²) in [5.41, 5.74) is 7.43. The van der Waals surface area contributed by atoms with Gasteiger partial charge < -0.3 is 10.6 Å². The number of fused-ring (bicyclic) bond motifs is 1. The third kappa shape index (κ3) is 2.41. The minimum absolute atomic E-state index is 0.164. The van der Waals surface area contributed by atoms with E-state index in [1.165, 1.54) is 6.20 Å². The summed E-state index contributed by atoms with van der Waals surface area (Å²) in [6.45, 7) is 0. The zero-order valence-electron chi connectivity index (χ0n) is 11.5. The number of pyridine rings is 2. The second-order valence-corrected chi connectivity index (χ2v) is 4.73. The van der Waals surface area contributed by atoms with Crippen molar-refractivity contribution in [1.29, 1.82) is 0 Å². The van der Waals surface area contributed by atoms with Gasteiger partial charge in [-0.15, -0.1) is 0 Å². The van der Waals surface area contributed by atoms with Gasteiger partial charge in [0, 0.05) is 36.7 Å². The summed E-state index contributed by atoms with van der Waals surface area (Å²) in [6, 6.07) is 9.32. The maximum atomic E-state index is 12.5. The second-order valence-electron chi connectivity index (χ2n) is 4.73. The highest BCUT2D eigenvalue weighted by atomic mass is 16.2. The quantitative estimate of drug-likeness (QED) is 0.781. The lowest BCUT2D eigenvalue weighted by Gasteiger charge is -2.18. The normalized spacial score (nSPS) is 10.5. The summed E-state index contributed by atoms with van der Waals surface area (Å²) in [5, 5.41) is 2.07. The van der Waals surface area contributed by atoms with E-state index < -0.39 is 0 Å². The Labute approximate surface area is 122 Å². The van der Waals surface area contributed by atoms with Crippen LogP contribution in [0.2, 0.25) is 0 Å². The fraction of sp³-hybridized carbons (Fsp3) is 0.0625. The lowest BCUT2D eigenvalue weighted by Crippen LogP contribution is -2.27. The van der Waals surface area contributed by atoms with E-state index in [0.717, 1.165) is 16.5 Å². The van der Waals surface area contributed by atoms with Crippen molar-refractivity contribution in [2.24, 2.45) is 0 Å². The number of nitrogens with zero attached hydrogens (tertiary/aromatic N) is 3. The first-order chi connectivity index (χ1) is 10.2. The summed E-state index contributed by atoms with van der Waals surface area (Å²) in [7, 11) is 1.73. The molecule has 1 aromatic carbocycles. The summed E-state index contributed by atoms with van der Waals surface area (Å²) in [6.07, 6.45) is 6.56. The molecule has 3 aromatic rings. The maximum absolute atomic E-state index is 12.5. The molecule has 1 amide bonds. The minimum Gasteiger partial charge on any atom is -0.397 e. The lowest BCUT2D eigenvalue weighted by atomic mass is 10.1. The molecule has 0 bridgehead atoms. The third-order valence-electron chi connectivity index (χ3n) is 3.40. The van der Waals surface area contributed by atoms with E-state index in [2.05, 4.69) is 9.97 Å². The van der Waals surface area contributed by atoms with Crippen LogP contribution in [0.3, 0.4) is 0 Å². The van der Waals surface area contributed by atoms with Crippen LogP contribution < -0.4 is 10.6 Å². The van der Waals surface area contributed by atoms with Gasteiger partial charge in [-0.05, 0) is 29.7 Å². The number of anilines is 2. The fourth-order valence-corrected chi connectivity index (χ4v) is 2.18. The summed E-state index contributed by atoms with van der Waals surface area (Å²) >= 11 is 0. The summed E-state index contributed by atoms with van der Waals surface area (Å²) in [4.78, 5) is 22.1. The van der Waals surface area contributed by atoms with Gasteiger partial charge in [0.05, 0.1) is 17.4 Å². The van der Waals surface area contributed by atoms with Gasteiger partial charge in [0.1, 0.15) is 0 Å². The SMILES string of the molecule is CN(C(=O)c1ccncc1N)c1ccc2cnccc2c1. The molecule has 0 aliphatic heterocycles. The molecule has 2 aromatic heterocycles. The van der Waals surface area contributed by atoms with Crippen LogP contribution in [0.4, 0.5) is 11.4 Å². The van der Waals surface area contributed by atoms with Crippen LogP contribution in [0.15, 0.2) is 55.1 Å². The predicted molar refractivity (Wildman–Crippen MR) is 83.1 cm³/mol. The average Bonchev–Trinajstić information content (AvgIpc) is 2.53. The van der Waals surface area contributed by atoms with Crippen molar-refractivity contribution < 1.29 is 4.79 Å². The topological polar surface area (TPSA) is 72.1 Å². The number of hydrogen-bond donors (Lipinski definition) is 1. The van der Waals surface area contributed by atoms with E-state index in [4.69, 9.17) is 5.73 Å². The van der Waals surface area contributed by atoms with E-state index in [1.54, 1.807) is 36.6 Å². The molecule has 0 saturated carbocycles. The van der Waals surface area contributed by atoms with E-state index in [-0.39, 0.29) is 5.91 Å². The first kappa shape index (κ1) is 13.1. The van der Waals surface area contributed by atoms with Crippen LogP contribution in [-0.2, 0) is 0 Å². The smallest absolute Gasteiger partial charge is 0.260 e. The van der Waals surface area contributed by atoms with Crippen LogP contribution in [0.1, 0.15) is 10.4 Å². The number of carbonyl (C=O) groups is 1. The van der Waals surface area contributed by atoms with Crippen LogP contribution in [0.5, 0.6) is 0 Å². The number of amides is 1. The van der Waals surface area contributed by atoms with Gasteiger partial charge in [-0.3, -0.25) is 14.8 Å². The molecule has 2 heterocycles. The van der Waals surface area contributed by atoms with E-state index >= 15 is 0 Å². The molecule has 0 radical (unpaired) electrons. The number of carbonyl (C=O) groups excluding carboxylic acids is 1. The fourth-order valence-electron chi connectivity index (χ4n) is 2.18. The zero-order chi connectivity index (χ0) is 14.8. The molecule has 5 nitrogen and oxygen atoms in total. The van der Waals surface area contributed by atoms with Crippen molar-refractivity contribution >= 4 is 28.1 Å². The van der Waals surface area contributed by atoms with Crippen molar-refractivity contribution in [3.8, 4) is 0 Å². The van der Waals surface area contributed by atoms with Crippen LogP contribution >= 0.6 is 0 Å². The monoisotopic (exact) mass is 278 g/mol. The van der Waals surface area contributed by atoms with Gasteiger partial charge >= 0.3 is 0 Å². The number of hydrogen-bond acceptors (Lipinski definition) is 4. The number of nitrogens with two attached hydrogens (primary N) is 1. The Morgan fingerprint density at radius 3 is 2.62 bits per heavy atom. The van der Waals surface area contributed by atoms with Crippen molar-refractivity contribution in [2.75, 3.05) is 17.7 Å². The van der Waals surface area contributed by atoms with E-state index in [1.807, 2.05) is 24.3 Å². The Balaban J connectivity index is 1.98. The minimum atomic E-state index is -0.164. The summed E-state index contributed by atoms with van der Waals surface area (Å²) < 4.78 is 0. The van der Waals surface area contributed by atoms with E-state index in [9.17, 15) is 4.79 Å². The predicted octanol–water partition coefficient (Wildman–Crippen LogP) is 2.49. The maximum Gasteiger partial charge on any atom is 0.260 e. The number of benzene rings is 1. The van der Waals surface area contributed by atoms with Crippen molar-refractivity contribution in [3.05, 3.63) is 60.7 Å². The molecule has 21 heavy (non-hydrogen) atoms. The second kappa shape index (κ2) is 5.20. The Morgan fingerprint density at radius 1 is 1.05 bits per heavy atom. The first-order valence-corrected chi connectivity index (χ1v) is 6.48. The van der Waals surface area contributed by atoms with Gasteiger partial charge in [-0.2, -0.15) is 0 Å². The Bertz CT molecular complexity index is 816. The molecule has 2 N–H and O–H groups in total. The average molecular weight is 278 g/mol. The van der Waals surface area contributed by atoms with Crippen molar-refractivity contribution in [1.82, 2.24) is 9.97 Å². The van der Waals surface area contributed by atoms with Gasteiger partial charge in [0.25, 0.3) is 5.91 Å². The largest absolute Gasteiger partial charge is 0.397 e. The number of nitrogen functional groups attached to an aromatic ring is 1. The molecule has 3 rings (SSSR count). The molecule has 0 unspecified atom stereocenters. The third-order valence-corrected chi connectivity index (χ3v) is 3.40. The number of aromatic nitrogens is 2. The lowest BCUT2D eigenvalue weighted by molar-refractivity contribution is 0.0994. The molecular formula is C16H14N4O. The van der Waals surface area contributed by atoms with Gasteiger partial charge in [0.2, 0.25) is 0 Å². The molecule has 5 heteroatoms. The molecule has 0 aliphatic carbocycles. The standard InChI is InChI=1S/C16H14N4O/c1-20(16(21)14-5-7-19-10-15(14)17)13-3-2-12-9-18-6-4-11(12)8-13/h2-10H,17H2,1H3. The van der Waals surface area contributed by atoms with Gasteiger partial charge in [0.15, 0.2) is 0 Å². The first-order valence-electron chi connectivity index (χ1n) is 6.48. The van der Waals surface area contributed by atoms with Crippen LogP contribution in [0.25, 0.3) is 10.8 Å². The highest BCUT2D eigenvalue weighted by Gasteiger charge is 2.16. The van der Waals surface area contributed by atoms with Gasteiger partial charge in [-0.25, -0.2) is 0 Å². The summed E-state index contributed by atoms with van der Waals surface area (Å²) in [5.74, 6) is -0.164. The Morgan fingerprint density at radius 2 is 1.81 bits per heavy atom. The Hall–Kier alpha value is -2.95. The van der Waals surface area contributed by atoms with Crippen LogP contribution in [-0.4, -0.2) is 22.9 Å². The van der Waals surface area contributed by atoms with Crippen molar-refractivity contribution in [2.45, 2.75) is 0 Å². The highest BCUT2D eigenvalue weighted by Crippen LogP contribution is 2.23. The van der Waals surface area contributed by atoms with Gasteiger partial charge in [-0.1, -0.05) is 6.07 Å². The molecule has 0 fully saturated rings. The molecule has 0 aliphatic rings. The zero-order valence-corrected chi connectivity index (χ0v) is 11.5. The number of rotatable bonds is 2. The molecule has 0 atom stereocenters. The molecule has 104 valence electrons. The molecule has 0 spiro atoms. The van der Waals surface area contributed by atoms with E-state index in [0.29, 0.717) is 11.3 Å². The molecule has 0 saturated heterocycles. The molecular weight excluding hydrogens is 264 g/mol. The highest BCUT2D eigenvalue weighted by molar-refractivity contribution is 6.09. The van der Waals surface area contributed by atoms with Crippen molar-refractivity contribution in [3.63, 3.8) is 0 Å². The Kier molecular flexibility index (Phi) is 3.23.